The predicted octanol–water partition coefficient (Wildman–Crippen LogP) is 2.60. The van der Waals surface area contributed by atoms with Gasteiger partial charge in [0.25, 0.3) is 10.0 Å². The van der Waals surface area contributed by atoms with Crippen molar-refractivity contribution in [3.63, 3.8) is 0 Å². The largest absolute Gasteiger partial charge is 0.381 e. The Morgan fingerprint density at radius 1 is 1.50 bits per heavy atom. The Hall–Kier alpha value is 0.0500. The van der Waals surface area contributed by atoms with Crippen LogP contribution >= 0.6 is 27.3 Å². The third kappa shape index (κ3) is 3.33. The Morgan fingerprint density at radius 2 is 2.17 bits per heavy atom. The van der Waals surface area contributed by atoms with E-state index in [2.05, 4.69) is 20.7 Å². The van der Waals surface area contributed by atoms with E-state index in [-0.39, 0.29) is 6.04 Å². The van der Waals surface area contributed by atoms with Crippen molar-refractivity contribution in [3.8, 4) is 0 Å². The summed E-state index contributed by atoms with van der Waals surface area (Å²) >= 11 is 4.48. The monoisotopic (exact) mass is 353 g/mol. The number of rotatable bonds is 4. The molecular weight excluding hydrogens is 338 g/mol. The summed E-state index contributed by atoms with van der Waals surface area (Å²) in [7, 11) is -3.42. The summed E-state index contributed by atoms with van der Waals surface area (Å²) in [6.07, 6.45) is 1.82. The van der Waals surface area contributed by atoms with Gasteiger partial charge < -0.3 is 4.74 Å². The van der Waals surface area contributed by atoms with Crippen LogP contribution in [0.2, 0.25) is 0 Å². The standard InChI is InChI=1S/C11H16BrNO3S2/c1-8(9-2-5-16-6-3-9)13-18(14,15)11-10(12)4-7-17-11/h4,7-9,13H,2-3,5-6H2,1H3. The molecule has 1 aliphatic rings. The van der Waals surface area contributed by atoms with E-state index in [9.17, 15) is 8.42 Å². The minimum Gasteiger partial charge on any atom is -0.381 e. The molecule has 1 fully saturated rings. The molecule has 0 radical (unpaired) electrons. The van der Waals surface area contributed by atoms with Crippen molar-refractivity contribution < 1.29 is 13.2 Å². The van der Waals surface area contributed by atoms with Crippen LogP contribution in [0.5, 0.6) is 0 Å². The smallest absolute Gasteiger partial charge is 0.251 e. The summed E-state index contributed by atoms with van der Waals surface area (Å²) in [6.45, 7) is 3.37. The lowest BCUT2D eigenvalue weighted by atomic mass is 9.94. The van der Waals surface area contributed by atoms with Gasteiger partial charge in [0.2, 0.25) is 0 Å². The van der Waals surface area contributed by atoms with E-state index in [4.69, 9.17) is 4.74 Å². The fraction of sp³-hybridized carbons (Fsp3) is 0.636. The highest BCUT2D eigenvalue weighted by Gasteiger charge is 2.27. The summed E-state index contributed by atoms with van der Waals surface area (Å²) in [4.78, 5) is 0. The highest BCUT2D eigenvalue weighted by Crippen LogP contribution is 2.28. The lowest BCUT2D eigenvalue weighted by Gasteiger charge is -2.28. The normalized spacial score (nSPS) is 19.9. The highest BCUT2D eigenvalue weighted by molar-refractivity contribution is 9.10. The molecule has 1 aromatic heterocycles. The summed E-state index contributed by atoms with van der Waals surface area (Å²) in [5.74, 6) is 0.354. The van der Waals surface area contributed by atoms with Crippen LogP contribution in [0.15, 0.2) is 20.1 Å². The summed E-state index contributed by atoms with van der Waals surface area (Å²) in [6, 6.07) is 1.69. The SMILES string of the molecule is CC(NS(=O)(=O)c1sccc1Br)C1CCOCC1. The Morgan fingerprint density at radius 3 is 2.72 bits per heavy atom. The molecular formula is C11H16BrNO3S2. The minimum absolute atomic E-state index is 0.0621. The quantitative estimate of drug-likeness (QED) is 0.904. The van der Waals surface area contributed by atoms with Crippen molar-refractivity contribution in [2.75, 3.05) is 13.2 Å². The van der Waals surface area contributed by atoms with E-state index < -0.39 is 10.0 Å². The van der Waals surface area contributed by atoms with Gasteiger partial charge in [-0.1, -0.05) is 0 Å². The van der Waals surface area contributed by atoms with Gasteiger partial charge >= 0.3 is 0 Å². The molecule has 2 rings (SSSR count). The molecule has 2 heterocycles. The molecule has 1 saturated heterocycles. The van der Waals surface area contributed by atoms with Gasteiger partial charge in [-0.3, -0.25) is 0 Å². The first-order valence-electron chi connectivity index (χ1n) is 5.84. The number of thiophene rings is 1. The van der Waals surface area contributed by atoms with Gasteiger partial charge in [0.05, 0.1) is 0 Å². The van der Waals surface area contributed by atoms with E-state index >= 15 is 0 Å². The second-order valence-electron chi connectivity index (χ2n) is 4.42. The summed E-state index contributed by atoms with van der Waals surface area (Å²) in [5, 5.41) is 1.76. The van der Waals surface area contributed by atoms with Crippen LogP contribution in [-0.4, -0.2) is 27.7 Å². The zero-order valence-corrected chi connectivity index (χ0v) is 13.3. The molecule has 1 atom stereocenters. The lowest BCUT2D eigenvalue weighted by Crippen LogP contribution is -2.40. The Labute approximate surface area is 120 Å². The molecule has 0 amide bonds. The van der Waals surface area contributed by atoms with E-state index in [1.807, 2.05) is 6.92 Å². The number of nitrogens with one attached hydrogen (secondary N) is 1. The van der Waals surface area contributed by atoms with Crippen LogP contribution in [0.1, 0.15) is 19.8 Å². The van der Waals surface area contributed by atoms with Gasteiger partial charge in [-0.2, -0.15) is 0 Å². The molecule has 0 aromatic carbocycles. The van der Waals surface area contributed by atoms with Crippen molar-refractivity contribution in [3.05, 3.63) is 15.9 Å². The molecule has 1 aromatic rings. The van der Waals surface area contributed by atoms with Crippen molar-refractivity contribution in [1.29, 1.82) is 0 Å². The average molecular weight is 354 g/mol. The maximum absolute atomic E-state index is 12.2. The zero-order chi connectivity index (χ0) is 13.2. The van der Waals surface area contributed by atoms with Crippen LogP contribution in [0, 0.1) is 5.92 Å². The van der Waals surface area contributed by atoms with Crippen LogP contribution in [-0.2, 0) is 14.8 Å². The molecule has 0 bridgehead atoms. The van der Waals surface area contributed by atoms with Crippen molar-refractivity contribution >= 4 is 37.3 Å². The van der Waals surface area contributed by atoms with Gasteiger partial charge in [-0.05, 0) is 53.1 Å². The fourth-order valence-corrected chi connectivity index (χ4v) is 5.75. The number of sulfonamides is 1. The molecule has 1 N–H and O–H groups in total. The third-order valence-corrected chi connectivity index (χ3v) is 7.37. The molecule has 4 nitrogen and oxygen atoms in total. The van der Waals surface area contributed by atoms with Crippen LogP contribution in [0.25, 0.3) is 0 Å². The fourth-order valence-electron chi connectivity index (χ4n) is 2.08. The second-order valence-corrected chi connectivity index (χ2v) is 8.10. The van der Waals surface area contributed by atoms with Crippen molar-refractivity contribution in [1.82, 2.24) is 4.72 Å². The van der Waals surface area contributed by atoms with Gasteiger partial charge in [0, 0.05) is 23.7 Å². The van der Waals surface area contributed by atoms with Gasteiger partial charge in [-0.25, -0.2) is 13.1 Å². The molecule has 7 heteroatoms. The van der Waals surface area contributed by atoms with Gasteiger partial charge in [-0.15, -0.1) is 11.3 Å². The number of ether oxygens (including phenoxy) is 1. The molecule has 18 heavy (non-hydrogen) atoms. The zero-order valence-electron chi connectivity index (χ0n) is 10.1. The predicted molar refractivity (Wildman–Crippen MR) is 75.3 cm³/mol. The maximum Gasteiger partial charge on any atom is 0.251 e. The molecule has 0 spiro atoms. The Bertz CT molecular complexity index is 494. The van der Waals surface area contributed by atoms with Gasteiger partial charge in [0.1, 0.15) is 4.21 Å². The molecule has 102 valence electrons. The second kappa shape index (κ2) is 6.00. The molecule has 1 aliphatic heterocycles. The first kappa shape index (κ1) is 14.5. The molecule has 0 aliphatic carbocycles. The maximum atomic E-state index is 12.2. The van der Waals surface area contributed by atoms with Crippen LogP contribution < -0.4 is 4.72 Å². The van der Waals surface area contributed by atoms with E-state index in [1.54, 1.807) is 11.4 Å². The number of hydrogen-bond acceptors (Lipinski definition) is 4. The van der Waals surface area contributed by atoms with E-state index in [0.717, 1.165) is 26.1 Å². The molecule has 1 unspecified atom stereocenters. The Kier molecular flexibility index (Phi) is 4.82. The topological polar surface area (TPSA) is 55.4 Å². The highest BCUT2D eigenvalue weighted by atomic mass is 79.9. The van der Waals surface area contributed by atoms with Crippen molar-refractivity contribution in [2.24, 2.45) is 5.92 Å². The molecule has 0 saturated carbocycles. The lowest BCUT2D eigenvalue weighted by molar-refractivity contribution is 0.0586. The van der Waals surface area contributed by atoms with E-state index in [1.165, 1.54) is 11.3 Å². The Balaban J connectivity index is 2.06. The third-order valence-electron chi connectivity index (χ3n) is 3.14. The number of halogens is 1. The van der Waals surface area contributed by atoms with E-state index in [0.29, 0.717) is 14.6 Å². The first-order chi connectivity index (χ1) is 8.50. The number of hydrogen-bond donors (Lipinski definition) is 1. The van der Waals surface area contributed by atoms with Crippen molar-refractivity contribution in [2.45, 2.75) is 30.0 Å². The summed E-state index contributed by atoms with van der Waals surface area (Å²) < 4.78 is 33.4. The van der Waals surface area contributed by atoms with Crippen LogP contribution in [0.4, 0.5) is 0 Å². The average Bonchev–Trinajstić information content (AvgIpc) is 2.77. The first-order valence-corrected chi connectivity index (χ1v) is 8.99. The minimum atomic E-state index is -3.42. The van der Waals surface area contributed by atoms with Gasteiger partial charge in [0.15, 0.2) is 0 Å². The summed E-state index contributed by atoms with van der Waals surface area (Å²) in [5.41, 5.74) is 0. The van der Waals surface area contributed by atoms with Crippen LogP contribution in [0.3, 0.4) is 0 Å².